The van der Waals surface area contributed by atoms with Crippen molar-refractivity contribution in [2.45, 2.75) is 71.7 Å². The van der Waals surface area contributed by atoms with Crippen LogP contribution in [0, 0.1) is 4.77 Å². The van der Waals surface area contributed by atoms with Gasteiger partial charge in [-0.1, -0.05) is 23.7 Å². The number of ether oxygens (including phenoxy) is 4. The van der Waals surface area contributed by atoms with Crippen molar-refractivity contribution in [1.82, 2.24) is 19.7 Å². The second kappa shape index (κ2) is 12.5. The minimum atomic E-state index is -1.24. The molecule has 206 valence electrons. The second-order valence-corrected chi connectivity index (χ2v) is 9.29. The van der Waals surface area contributed by atoms with E-state index < -0.39 is 54.4 Å². The lowest BCUT2D eigenvalue weighted by Gasteiger charge is -2.45. The van der Waals surface area contributed by atoms with E-state index in [1.165, 1.54) is 32.4 Å². The van der Waals surface area contributed by atoms with Crippen molar-refractivity contribution in [1.29, 1.82) is 0 Å². The zero-order valence-electron chi connectivity index (χ0n) is 21.5. The molecule has 1 fully saturated rings. The molecule has 1 aliphatic rings. The molecule has 0 unspecified atom stereocenters. The van der Waals surface area contributed by atoms with Crippen molar-refractivity contribution in [2.24, 2.45) is 0 Å². The van der Waals surface area contributed by atoms with Crippen LogP contribution in [0.1, 0.15) is 40.8 Å². The molecule has 2 aromatic rings. The molecule has 3 rings (SSSR count). The maximum atomic E-state index is 12.3. The Kier molecular flexibility index (Phi) is 9.63. The zero-order chi connectivity index (χ0) is 28.1. The van der Waals surface area contributed by atoms with Gasteiger partial charge in [0.25, 0.3) is 0 Å². The van der Waals surface area contributed by atoms with E-state index in [-0.39, 0.29) is 11.4 Å². The van der Waals surface area contributed by atoms with E-state index in [4.69, 9.17) is 42.8 Å². The number of nitrogens with zero attached hydrogens (tertiary/aromatic N) is 3. The normalized spacial score (nSPS) is 22.8. The topological polar surface area (TPSA) is 140 Å². The Bertz CT molecular complexity index is 1280. The molecule has 1 aliphatic heterocycles. The van der Waals surface area contributed by atoms with Crippen molar-refractivity contribution in [3.05, 3.63) is 34.1 Å². The van der Waals surface area contributed by atoms with E-state index in [9.17, 15) is 19.2 Å². The second-order valence-electron chi connectivity index (χ2n) is 8.52. The Labute approximate surface area is 229 Å². The monoisotopic (exact) mass is 568 g/mol. The Balaban J connectivity index is 2.20. The van der Waals surface area contributed by atoms with Crippen molar-refractivity contribution in [3.63, 3.8) is 0 Å². The van der Waals surface area contributed by atoms with E-state index in [1.807, 2.05) is 6.92 Å². The molecule has 38 heavy (non-hydrogen) atoms. The maximum absolute atomic E-state index is 12.3. The fourth-order valence-corrected chi connectivity index (χ4v) is 4.80. The van der Waals surface area contributed by atoms with Gasteiger partial charge in [0.05, 0.1) is 5.02 Å². The van der Waals surface area contributed by atoms with E-state index in [0.29, 0.717) is 23.0 Å². The van der Waals surface area contributed by atoms with Gasteiger partial charge in [-0.3, -0.25) is 19.2 Å². The third-order valence-electron chi connectivity index (χ3n) is 5.65. The summed E-state index contributed by atoms with van der Waals surface area (Å²) in [5.74, 6) is -2.04. The average molecular weight is 569 g/mol. The summed E-state index contributed by atoms with van der Waals surface area (Å²) in [5.41, 5.74) is 0.610. The number of esters is 3. The van der Waals surface area contributed by atoms with E-state index >= 15 is 0 Å². The number of benzene rings is 1. The Hall–Kier alpha value is -3.29. The lowest BCUT2D eigenvalue weighted by molar-refractivity contribution is -0.239. The predicted octanol–water partition coefficient (Wildman–Crippen LogP) is 2.58. The van der Waals surface area contributed by atoms with Crippen LogP contribution < -0.4 is 5.32 Å². The van der Waals surface area contributed by atoms with E-state index in [2.05, 4.69) is 10.4 Å². The first-order valence-corrected chi connectivity index (χ1v) is 12.6. The van der Waals surface area contributed by atoms with Crippen molar-refractivity contribution in [2.75, 3.05) is 6.61 Å². The number of aromatic nitrogens is 3. The number of hydrogen-bond donors (Lipinski definition) is 1. The number of amides is 1. The molecule has 14 heteroatoms. The highest BCUT2D eigenvalue weighted by molar-refractivity contribution is 7.71. The standard InChI is InChI=1S/C24H29ClN4O8S/c1-6-28-22(16-9-7-8-10-17(16)25)27-29(24(28)38)23-19(26-12(2)30)21(36-15(5)33)20(35-14(4)32)18(37-23)11-34-13(3)31/h7-10,18-21,23H,6,11H2,1-5H3,(H,26,30)/t18-,19-,20-,21-,23-/m1/s1. The fourth-order valence-electron chi connectivity index (χ4n) is 4.22. The van der Waals surface area contributed by atoms with Crippen LogP contribution in [0.25, 0.3) is 11.4 Å². The predicted molar refractivity (Wildman–Crippen MR) is 136 cm³/mol. The van der Waals surface area contributed by atoms with Crippen molar-refractivity contribution < 1.29 is 38.1 Å². The van der Waals surface area contributed by atoms with Gasteiger partial charge in [0.1, 0.15) is 18.8 Å². The summed E-state index contributed by atoms with van der Waals surface area (Å²) in [4.78, 5) is 47.9. The minimum Gasteiger partial charge on any atom is -0.463 e. The zero-order valence-corrected chi connectivity index (χ0v) is 23.1. The molecular formula is C24H29ClN4O8S. The smallest absolute Gasteiger partial charge is 0.303 e. The first-order chi connectivity index (χ1) is 17.9. The molecular weight excluding hydrogens is 540 g/mol. The van der Waals surface area contributed by atoms with Crippen LogP contribution in [-0.2, 0) is 44.7 Å². The van der Waals surface area contributed by atoms with Crippen LogP contribution in [0.4, 0.5) is 0 Å². The summed E-state index contributed by atoms with van der Waals surface area (Å²) in [6, 6.07) is 5.98. The highest BCUT2D eigenvalue weighted by Crippen LogP contribution is 2.34. The number of rotatable bonds is 8. The fraction of sp³-hybridized carbons (Fsp3) is 0.500. The lowest BCUT2D eigenvalue weighted by Crippen LogP contribution is -2.64. The number of halogens is 1. The molecule has 0 radical (unpaired) electrons. The molecule has 1 aromatic heterocycles. The highest BCUT2D eigenvalue weighted by Gasteiger charge is 2.52. The Morgan fingerprint density at radius 3 is 2.24 bits per heavy atom. The molecule has 0 spiro atoms. The van der Waals surface area contributed by atoms with Gasteiger partial charge in [0.2, 0.25) is 10.7 Å². The Morgan fingerprint density at radius 2 is 1.68 bits per heavy atom. The van der Waals surface area contributed by atoms with Gasteiger partial charge < -0.3 is 28.8 Å². The molecule has 1 N–H and O–H groups in total. The number of hydrogen-bond acceptors (Lipinski definition) is 10. The summed E-state index contributed by atoms with van der Waals surface area (Å²) in [5, 5.41) is 7.84. The summed E-state index contributed by atoms with van der Waals surface area (Å²) in [6.07, 6.45) is -4.72. The molecule has 5 atom stereocenters. The van der Waals surface area contributed by atoms with Gasteiger partial charge in [-0.05, 0) is 31.3 Å². The van der Waals surface area contributed by atoms with Gasteiger partial charge in [-0.15, -0.1) is 5.10 Å². The maximum Gasteiger partial charge on any atom is 0.303 e. The van der Waals surface area contributed by atoms with Gasteiger partial charge in [0.15, 0.2) is 24.3 Å². The largest absolute Gasteiger partial charge is 0.463 e. The van der Waals surface area contributed by atoms with Gasteiger partial charge >= 0.3 is 17.9 Å². The third kappa shape index (κ3) is 6.58. The van der Waals surface area contributed by atoms with E-state index in [1.54, 1.807) is 28.8 Å². The molecule has 1 saturated heterocycles. The van der Waals surface area contributed by atoms with Crippen LogP contribution in [0.2, 0.25) is 5.02 Å². The highest BCUT2D eigenvalue weighted by atomic mass is 35.5. The van der Waals surface area contributed by atoms with Crippen LogP contribution in [0.5, 0.6) is 0 Å². The number of carbonyl (C=O) groups is 4. The minimum absolute atomic E-state index is 0.224. The summed E-state index contributed by atoms with van der Waals surface area (Å²) < 4.78 is 25.7. The first kappa shape index (κ1) is 29.3. The molecule has 1 aromatic carbocycles. The van der Waals surface area contributed by atoms with Crippen LogP contribution in [-0.4, -0.2) is 69.1 Å². The van der Waals surface area contributed by atoms with Crippen LogP contribution in [0.15, 0.2) is 24.3 Å². The quantitative estimate of drug-likeness (QED) is 0.287. The summed E-state index contributed by atoms with van der Waals surface area (Å²) >= 11 is 12.2. The summed E-state index contributed by atoms with van der Waals surface area (Å²) in [6.45, 7) is 6.78. The molecule has 0 bridgehead atoms. The SMILES string of the molecule is CCn1c(-c2ccccc2Cl)nn([C@@H]2O[C@H](COC(C)=O)[C@@H](OC(C)=O)[C@H](OC(C)=O)[C@H]2NC(C)=O)c1=S. The van der Waals surface area contributed by atoms with Crippen molar-refractivity contribution >= 4 is 47.6 Å². The van der Waals surface area contributed by atoms with Crippen molar-refractivity contribution in [3.8, 4) is 11.4 Å². The molecule has 0 aliphatic carbocycles. The van der Waals surface area contributed by atoms with Gasteiger partial charge in [-0.25, -0.2) is 4.68 Å². The number of carbonyl (C=O) groups excluding carboxylic acids is 4. The Morgan fingerprint density at radius 1 is 1.05 bits per heavy atom. The molecule has 12 nitrogen and oxygen atoms in total. The first-order valence-electron chi connectivity index (χ1n) is 11.8. The third-order valence-corrected chi connectivity index (χ3v) is 6.38. The molecule has 0 saturated carbocycles. The number of nitrogens with one attached hydrogen (secondary N) is 1. The van der Waals surface area contributed by atoms with Crippen LogP contribution >= 0.6 is 23.8 Å². The average Bonchev–Trinajstić information content (AvgIpc) is 3.15. The van der Waals surface area contributed by atoms with E-state index in [0.717, 1.165) is 0 Å². The molecule has 1 amide bonds. The molecule has 2 heterocycles. The summed E-state index contributed by atoms with van der Waals surface area (Å²) in [7, 11) is 0. The van der Waals surface area contributed by atoms with Gasteiger partial charge in [0, 0.05) is 39.8 Å². The lowest BCUT2D eigenvalue weighted by atomic mass is 9.95. The van der Waals surface area contributed by atoms with Gasteiger partial charge in [-0.2, -0.15) is 0 Å². The van der Waals surface area contributed by atoms with Crippen LogP contribution in [0.3, 0.4) is 0 Å².